The molecule has 2 rings (SSSR count). The quantitative estimate of drug-likeness (QED) is 0.726. The van der Waals surface area contributed by atoms with Gasteiger partial charge in [-0.15, -0.1) is 11.8 Å². The Morgan fingerprint density at radius 2 is 2.04 bits per heavy atom. The number of carbonyl (C=O) groups is 1. The number of aryl methyl sites for hydroxylation is 1. The van der Waals surface area contributed by atoms with Gasteiger partial charge in [-0.05, 0) is 37.6 Å². The molecule has 0 aromatic heterocycles. The molecule has 134 valence electrons. The molecule has 0 saturated heterocycles. The molecule has 0 saturated carbocycles. The zero-order chi connectivity index (χ0) is 18.2. The van der Waals surface area contributed by atoms with E-state index in [2.05, 4.69) is 5.32 Å². The Labute approximate surface area is 156 Å². The molecule has 0 fully saturated rings. The van der Waals surface area contributed by atoms with Gasteiger partial charge in [-0.3, -0.25) is 4.79 Å². The van der Waals surface area contributed by atoms with Gasteiger partial charge in [0.05, 0.1) is 11.8 Å². The average molecular weight is 382 g/mol. The molecule has 1 N–H and O–H groups in total. The standard InChI is InChI=1S/C19H21ClFNO2S/c1-13-6-3-4-9-18(13)24-10-14(2)22-19(23)12-25-11-15-16(20)7-5-8-17(15)21/h3-9,14H,10-12H2,1-2H3,(H,22,23)/t14-/m0/s1. The van der Waals surface area contributed by atoms with E-state index >= 15 is 0 Å². The SMILES string of the molecule is Cc1ccccc1OC[C@H](C)NC(=O)CSCc1c(F)cccc1Cl. The van der Waals surface area contributed by atoms with Crippen molar-refractivity contribution in [3.05, 3.63) is 64.4 Å². The van der Waals surface area contributed by atoms with E-state index in [1.807, 2.05) is 38.1 Å². The van der Waals surface area contributed by atoms with Gasteiger partial charge in [0, 0.05) is 16.3 Å². The van der Waals surface area contributed by atoms with Crippen molar-refractivity contribution in [2.45, 2.75) is 25.6 Å². The van der Waals surface area contributed by atoms with Crippen LogP contribution in [0, 0.1) is 12.7 Å². The summed E-state index contributed by atoms with van der Waals surface area (Å²) in [7, 11) is 0. The van der Waals surface area contributed by atoms with Crippen LogP contribution in [0.25, 0.3) is 0 Å². The van der Waals surface area contributed by atoms with Gasteiger partial charge in [0.1, 0.15) is 18.2 Å². The molecule has 0 bridgehead atoms. The van der Waals surface area contributed by atoms with Crippen molar-refractivity contribution in [2.75, 3.05) is 12.4 Å². The van der Waals surface area contributed by atoms with Gasteiger partial charge < -0.3 is 10.1 Å². The fourth-order valence-electron chi connectivity index (χ4n) is 2.21. The minimum atomic E-state index is -0.347. The highest BCUT2D eigenvalue weighted by atomic mass is 35.5. The number of amides is 1. The first-order chi connectivity index (χ1) is 12.0. The molecule has 2 aromatic rings. The van der Waals surface area contributed by atoms with E-state index < -0.39 is 0 Å². The van der Waals surface area contributed by atoms with E-state index in [1.165, 1.54) is 17.8 Å². The summed E-state index contributed by atoms with van der Waals surface area (Å²) in [6, 6.07) is 12.2. The number of benzene rings is 2. The first kappa shape index (κ1) is 19.6. The zero-order valence-corrected chi connectivity index (χ0v) is 15.8. The molecule has 0 aliphatic carbocycles. The van der Waals surface area contributed by atoms with Crippen molar-refractivity contribution in [3.8, 4) is 5.75 Å². The minimum Gasteiger partial charge on any atom is -0.491 e. The maximum atomic E-state index is 13.7. The minimum absolute atomic E-state index is 0.113. The van der Waals surface area contributed by atoms with Crippen molar-refractivity contribution >= 4 is 29.3 Å². The summed E-state index contributed by atoms with van der Waals surface area (Å²) >= 11 is 7.30. The van der Waals surface area contributed by atoms with Crippen LogP contribution in [0.15, 0.2) is 42.5 Å². The zero-order valence-electron chi connectivity index (χ0n) is 14.2. The molecule has 2 aromatic carbocycles. The van der Waals surface area contributed by atoms with E-state index in [1.54, 1.807) is 12.1 Å². The second-order valence-electron chi connectivity index (χ2n) is 5.74. The van der Waals surface area contributed by atoms with Gasteiger partial charge in [0.25, 0.3) is 0 Å². The lowest BCUT2D eigenvalue weighted by molar-refractivity contribution is -0.119. The predicted molar refractivity (Wildman–Crippen MR) is 102 cm³/mol. The van der Waals surface area contributed by atoms with E-state index in [0.717, 1.165) is 11.3 Å². The predicted octanol–water partition coefficient (Wildman–Crippen LogP) is 4.60. The summed E-state index contributed by atoms with van der Waals surface area (Å²) in [5.74, 6) is 0.942. The van der Waals surface area contributed by atoms with Gasteiger partial charge in [-0.2, -0.15) is 0 Å². The van der Waals surface area contributed by atoms with Crippen molar-refractivity contribution < 1.29 is 13.9 Å². The number of halogens is 2. The third-order valence-corrected chi connectivity index (χ3v) is 4.84. The van der Waals surface area contributed by atoms with Crippen LogP contribution in [0.2, 0.25) is 5.02 Å². The molecule has 1 atom stereocenters. The van der Waals surface area contributed by atoms with Crippen LogP contribution < -0.4 is 10.1 Å². The third kappa shape index (κ3) is 6.25. The molecule has 0 aliphatic heterocycles. The summed E-state index contributed by atoms with van der Waals surface area (Å²) in [5.41, 5.74) is 1.48. The van der Waals surface area contributed by atoms with Gasteiger partial charge in [-0.25, -0.2) is 4.39 Å². The normalized spacial score (nSPS) is 11.8. The summed E-state index contributed by atoms with van der Waals surface area (Å²) in [4.78, 5) is 12.0. The maximum absolute atomic E-state index is 13.7. The lowest BCUT2D eigenvalue weighted by atomic mass is 10.2. The summed E-state index contributed by atoms with van der Waals surface area (Å²) in [6.07, 6.45) is 0. The molecule has 0 radical (unpaired) electrons. The Morgan fingerprint density at radius 1 is 1.28 bits per heavy atom. The second-order valence-corrected chi connectivity index (χ2v) is 7.13. The molecule has 3 nitrogen and oxygen atoms in total. The average Bonchev–Trinajstić information content (AvgIpc) is 2.57. The third-order valence-electron chi connectivity index (χ3n) is 3.53. The summed E-state index contributed by atoms with van der Waals surface area (Å²) < 4.78 is 19.4. The van der Waals surface area contributed by atoms with Gasteiger partial charge in [0.2, 0.25) is 5.91 Å². The van der Waals surface area contributed by atoms with Crippen molar-refractivity contribution in [2.24, 2.45) is 0 Å². The fourth-order valence-corrected chi connectivity index (χ4v) is 3.38. The Hall–Kier alpha value is -1.72. The van der Waals surface area contributed by atoms with E-state index in [-0.39, 0.29) is 23.5 Å². The first-order valence-electron chi connectivity index (χ1n) is 7.95. The van der Waals surface area contributed by atoms with E-state index in [0.29, 0.717) is 22.9 Å². The topological polar surface area (TPSA) is 38.3 Å². The Bertz CT molecular complexity index is 706. The molecule has 25 heavy (non-hydrogen) atoms. The van der Waals surface area contributed by atoms with E-state index in [4.69, 9.17) is 16.3 Å². The van der Waals surface area contributed by atoms with Crippen LogP contribution in [0.4, 0.5) is 4.39 Å². The molecule has 0 unspecified atom stereocenters. The van der Waals surface area contributed by atoms with Crippen molar-refractivity contribution in [3.63, 3.8) is 0 Å². The molecule has 0 heterocycles. The number of para-hydroxylation sites is 1. The van der Waals surface area contributed by atoms with E-state index in [9.17, 15) is 9.18 Å². The lowest BCUT2D eigenvalue weighted by Crippen LogP contribution is -2.37. The van der Waals surface area contributed by atoms with Crippen LogP contribution in [0.5, 0.6) is 5.75 Å². The smallest absolute Gasteiger partial charge is 0.230 e. The van der Waals surface area contributed by atoms with Gasteiger partial charge >= 0.3 is 0 Å². The van der Waals surface area contributed by atoms with Crippen LogP contribution in [-0.4, -0.2) is 24.3 Å². The van der Waals surface area contributed by atoms with Crippen LogP contribution in [0.1, 0.15) is 18.1 Å². The number of carbonyl (C=O) groups excluding carboxylic acids is 1. The summed E-state index contributed by atoms with van der Waals surface area (Å²) in [6.45, 7) is 4.25. The summed E-state index contributed by atoms with van der Waals surface area (Å²) in [5, 5.41) is 3.26. The Morgan fingerprint density at radius 3 is 2.76 bits per heavy atom. The molecule has 6 heteroatoms. The fraction of sp³-hybridized carbons (Fsp3) is 0.316. The lowest BCUT2D eigenvalue weighted by Gasteiger charge is -2.16. The van der Waals surface area contributed by atoms with Crippen LogP contribution in [0.3, 0.4) is 0 Å². The number of rotatable bonds is 8. The Balaban J connectivity index is 1.72. The van der Waals surface area contributed by atoms with Gasteiger partial charge in [-0.1, -0.05) is 35.9 Å². The highest BCUT2D eigenvalue weighted by Gasteiger charge is 2.11. The number of thioether (sulfide) groups is 1. The molecule has 0 aliphatic rings. The molecule has 0 spiro atoms. The number of nitrogens with one attached hydrogen (secondary N) is 1. The number of ether oxygens (including phenoxy) is 1. The monoisotopic (exact) mass is 381 g/mol. The number of hydrogen-bond donors (Lipinski definition) is 1. The highest BCUT2D eigenvalue weighted by Crippen LogP contribution is 2.23. The van der Waals surface area contributed by atoms with Gasteiger partial charge in [0.15, 0.2) is 0 Å². The van der Waals surface area contributed by atoms with Crippen molar-refractivity contribution in [1.29, 1.82) is 0 Å². The van der Waals surface area contributed by atoms with Crippen LogP contribution >= 0.6 is 23.4 Å². The molecule has 1 amide bonds. The maximum Gasteiger partial charge on any atom is 0.230 e. The van der Waals surface area contributed by atoms with Crippen molar-refractivity contribution in [1.82, 2.24) is 5.32 Å². The first-order valence-corrected chi connectivity index (χ1v) is 9.49. The molecular formula is C19H21ClFNO2S. The highest BCUT2D eigenvalue weighted by molar-refractivity contribution is 7.99. The largest absolute Gasteiger partial charge is 0.491 e. The Kier molecular flexibility index (Phi) is 7.59. The molecular weight excluding hydrogens is 361 g/mol. The number of hydrogen-bond acceptors (Lipinski definition) is 3. The van der Waals surface area contributed by atoms with Crippen LogP contribution in [-0.2, 0) is 10.5 Å². The second kappa shape index (κ2) is 9.68.